The predicted octanol–water partition coefficient (Wildman–Crippen LogP) is 1.14. The fourth-order valence-corrected chi connectivity index (χ4v) is 2.84. The van der Waals surface area contributed by atoms with Crippen molar-refractivity contribution in [2.45, 2.75) is 20.3 Å². The third-order valence-electron chi connectivity index (χ3n) is 4.49. The summed E-state index contributed by atoms with van der Waals surface area (Å²) in [6, 6.07) is 4.49. The number of rotatable bonds is 9. The molecular formula is C20H32FN5O2. The maximum atomic E-state index is 13.6. The molecule has 1 saturated heterocycles. The Hall–Kier alpha value is -2.19. The summed E-state index contributed by atoms with van der Waals surface area (Å²) in [5.74, 6) is 0.0812. The molecule has 0 spiro atoms. The van der Waals surface area contributed by atoms with Crippen LogP contribution in [0.2, 0.25) is 0 Å². The third kappa shape index (κ3) is 7.82. The van der Waals surface area contributed by atoms with Gasteiger partial charge >= 0.3 is 0 Å². The zero-order chi connectivity index (χ0) is 20.2. The minimum absolute atomic E-state index is 0.284. The first-order valence-electron chi connectivity index (χ1n) is 9.96. The molecule has 1 aromatic rings. The Labute approximate surface area is 166 Å². The SMILES string of the molecule is CCNC(=NCCCN1CCOCC1)NCCNC(=O)c1ccc(C)c(F)c1. The summed E-state index contributed by atoms with van der Waals surface area (Å²) in [6.45, 7) is 10.8. The number of hydrogen-bond donors (Lipinski definition) is 3. The normalized spacial score (nSPS) is 15.3. The van der Waals surface area contributed by atoms with Gasteiger partial charge in [0, 0.05) is 51.4 Å². The lowest BCUT2D eigenvalue weighted by molar-refractivity contribution is 0.0377. The molecule has 1 aliphatic rings. The lowest BCUT2D eigenvalue weighted by Crippen LogP contribution is -2.41. The number of benzene rings is 1. The Kier molecular flexibility index (Phi) is 9.71. The fraction of sp³-hybridized carbons (Fsp3) is 0.600. The molecule has 0 bridgehead atoms. The van der Waals surface area contributed by atoms with Crippen molar-refractivity contribution >= 4 is 11.9 Å². The van der Waals surface area contributed by atoms with Crippen LogP contribution in [-0.4, -0.2) is 75.8 Å². The maximum Gasteiger partial charge on any atom is 0.251 e. The molecule has 1 aromatic carbocycles. The number of ether oxygens (including phenoxy) is 1. The number of hydrogen-bond acceptors (Lipinski definition) is 4. The molecule has 0 radical (unpaired) electrons. The monoisotopic (exact) mass is 393 g/mol. The first-order valence-corrected chi connectivity index (χ1v) is 9.96. The van der Waals surface area contributed by atoms with Crippen molar-refractivity contribution < 1.29 is 13.9 Å². The van der Waals surface area contributed by atoms with E-state index in [0.717, 1.165) is 58.3 Å². The molecule has 1 amide bonds. The van der Waals surface area contributed by atoms with Gasteiger partial charge in [-0.25, -0.2) is 4.39 Å². The lowest BCUT2D eigenvalue weighted by Gasteiger charge is -2.26. The molecular weight excluding hydrogens is 361 g/mol. The zero-order valence-electron chi connectivity index (χ0n) is 16.9. The molecule has 7 nitrogen and oxygen atoms in total. The average molecular weight is 394 g/mol. The molecule has 1 aliphatic heterocycles. The molecule has 0 aromatic heterocycles. The lowest BCUT2D eigenvalue weighted by atomic mass is 10.1. The quantitative estimate of drug-likeness (QED) is 0.333. The number of halogens is 1. The van der Waals surface area contributed by atoms with Crippen LogP contribution in [0.1, 0.15) is 29.3 Å². The molecule has 0 saturated carbocycles. The van der Waals surface area contributed by atoms with Crippen molar-refractivity contribution in [2.75, 3.05) is 59.0 Å². The minimum atomic E-state index is -0.371. The molecule has 28 heavy (non-hydrogen) atoms. The molecule has 0 aliphatic carbocycles. The second-order valence-electron chi connectivity index (χ2n) is 6.71. The second-order valence-corrected chi connectivity index (χ2v) is 6.71. The zero-order valence-corrected chi connectivity index (χ0v) is 16.9. The summed E-state index contributed by atoms with van der Waals surface area (Å²) in [5, 5.41) is 9.18. The van der Waals surface area contributed by atoms with Crippen molar-refractivity contribution in [2.24, 2.45) is 4.99 Å². The second kappa shape index (κ2) is 12.3. The number of aliphatic imine (C=N–C) groups is 1. The number of nitrogens with zero attached hydrogens (tertiary/aromatic N) is 2. The highest BCUT2D eigenvalue weighted by atomic mass is 19.1. The molecule has 8 heteroatoms. The van der Waals surface area contributed by atoms with Gasteiger partial charge in [0.05, 0.1) is 13.2 Å². The molecule has 2 rings (SSSR count). The van der Waals surface area contributed by atoms with Crippen molar-refractivity contribution in [3.8, 4) is 0 Å². The molecule has 156 valence electrons. The Morgan fingerprint density at radius 3 is 2.68 bits per heavy atom. The predicted molar refractivity (Wildman–Crippen MR) is 109 cm³/mol. The summed E-state index contributed by atoms with van der Waals surface area (Å²) in [5.41, 5.74) is 0.852. The highest BCUT2D eigenvalue weighted by Crippen LogP contribution is 2.08. The molecule has 0 atom stereocenters. The number of carbonyl (C=O) groups is 1. The smallest absolute Gasteiger partial charge is 0.251 e. The Morgan fingerprint density at radius 2 is 1.96 bits per heavy atom. The summed E-state index contributed by atoms with van der Waals surface area (Å²) in [7, 11) is 0. The highest BCUT2D eigenvalue weighted by Gasteiger charge is 2.09. The number of carbonyl (C=O) groups excluding carboxylic acids is 1. The summed E-state index contributed by atoms with van der Waals surface area (Å²) in [4.78, 5) is 19.0. The van der Waals surface area contributed by atoms with Crippen molar-refractivity contribution in [3.63, 3.8) is 0 Å². The first kappa shape index (κ1) is 22.1. The van der Waals surface area contributed by atoms with Crippen LogP contribution in [-0.2, 0) is 4.74 Å². The number of amides is 1. The van der Waals surface area contributed by atoms with E-state index in [0.29, 0.717) is 24.2 Å². The number of nitrogens with one attached hydrogen (secondary N) is 3. The van der Waals surface area contributed by atoms with E-state index in [2.05, 4.69) is 25.8 Å². The van der Waals surface area contributed by atoms with E-state index in [1.54, 1.807) is 19.1 Å². The van der Waals surface area contributed by atoms with Crippen molar-refractivity contribution in [3.05, 3.63) is 35.1 Å². The standard InChI is InChI=1S/C20H32FN5O2/c1-3-22-20(24-7-4-10-26-11-13-28-14-12-26)25-9-8-23-19(27)17-6-5-16(2)18(21)15-17/h5-6,15H,3-4,7-14H2,1-2H3,(H,23,27)(H2,22,24,25). The third-order valence-corrected chi connectivity index (χ3v) is 4.49. The molecule has 3 N–H and O–H groups in total. The van der Waals surface area contributed by atoms with Gasteiger partial charge < -0.3 is 20.7 Å². The van der Waals surface area contributed by atoms with E-state index in [1.165, 1.54) is 6.07 Å². The average Bonchev–Trinajstić information content (AvgIpc) is 2.71. The van der Waals surface area contributed by atoms with Crippen LogP contribution in [0.4, 0.5) is 4.39 Å². The minimum Gasteiger partial charge on any atom is -0.379 e. The van der Waals surface area contributed by atoms with Gasteiger partial charge in [0.15, 0.2) is 5.96 Å². The highest BCUT2D eigenvalue weighted by molar-refractivity contribution is 5.94. The summed E-state index contributed by atoms with van der Waals surface area (Å²) < 4.78 is 18.9. The van der Waals surface area contributed by atoms with E-state index < -0.39 is 0 Å². The van der Waals surface area contributed by atoms with Gasteiger partial charge in [0.1, 0.15) is 5.82 Å². The van der Waals surface area contributed by atoms with Gasteiger partial charge in [-0.05, 0) is 38.0 Å². The number of aryl methyl sites for hydroxylation is 1. The fourth-order valence-electron chi connectivity index (χ4n) is 2.84. The number of morpholine rings is 1. The van der Waals surface area contributed by atoms with Crippen LogP contribution >= 0.6 is 0 Å². The summed E-state index contributed by atoms with van der Waals surface area (Å²) >= 11 is 0. The topological polar surface area (TPSA) is 78.0 Å². The van der Waals surface area contributed by atoms with Gasteiger partial charge in [0.25, 0.3) is 5.91 Å². The Bertz CT molecular complexity index is 647. The van der Waals surface area contributed by atoms with Crippen LogP contribution in [0.5, 0.6) is 0 Å². The maximum absolute atomic E-state index is 13.6. The molecule has 1 fully saturated rings. The van der Waals surface area contributed by atoms with E-state index in [-0.39, 0.29) is 11.7 Å². The van der Waals surface area contributed by atoms with Crippen molar-refractivity contribution in [1.82, 2.24) is 20.9 Å². The van der Waals surface area contributed by atoms with Crippen molar-refractivity contribution in [1.29, 1.82) is 0 Å². The van der Waals surface area contributed by atoms with Gasteiger partial charge in [-0.2, -0.15) is 0 Å². The van der Waals surface area contributed by atoms with Crippen LogP contribution in [0.3, 0.4) is 0 Å². The molecule has 0 unspecified atom stereocenters. The van der Waals surface area contributed by atoms with Crippen LogP contribution in [0.25, 0.3) is 0 Å². The largest absolute Gasteiger partial charge is 0.379 e. The van der Waals surface area contributed by atoms with E-state index in [4.69, 9.17) is 4.74 Å². The van der Waals surface area contributed by atoms with E-state index in [9.17, 15) is 9.18 Å². The number of guanidine groups is 1. The van der Waals surface area contributed by atoms with Gasteiger partial charge in [0.2, 0.25) is 0 Å². The first-order chi connectivity index (χ1) is 13.6. The summed E-state index contributed by atoms with van der Waals surface area (Å²) in [6.07, 6.45) is 0.992. The van der Waals surface area contributed by atoms with E-state index in [1.807, 2.05) is 6.92 Å². The van der Waals surface area contributed by atoms with Gasteiger partial charge in [-0.15, -0.1) is 0 Å². The van der Waals surface area contributed by atoms with Gasteiger partial charge in [-0.1, -0.05) is 6.07 Å². The van der Waals surface area contributed by atoms with E-state index >= 15 is 0 Å². The van der Waals surface area contributed by atoms with Gasteiger partial charge in [-0.3, -0.25) is 14.7 Å². The Morgan fingerprint density at radius 1 is 1.21 bits per heavy atom. The van der Waals surface area contributed by atoms with Crippen LogP contribution < -0.4 is 16.0 Å². The van der Waals surface area contributed by atoms with Crippen LogP contribution in [0.15, 0.2) is 23.2 Å². The molecule has 1 heterocycles. The van der Waals surface area contributed by atoms with Crippen LogP contribution in [0, 0.1) is 12.7 Å². The Balaban J connectivity index is 1.67.